The summed E-state index contributed by atoms with van der Waals surface area (Å²) < 4.78 is 48.7. The zero-order valence-electron chi connectivity index (χ0n) is 46.1. The predicted molar refractivity (Wildman–Crippen MR) is 268 cm³/mol. The molecule has 0 aromatic rings. The van der Waals surface area contributed by atoms with Gasteiger partial charge in [-0.25, -0.2) is 0 Å². The van der Waals surface area contributed by atoms with Crippen LogP contribution in [0.5, 0.6) is 0 Å². The lowest BCUT2D eigenvalue weighted by Crippen LogP contribution is -2.68. The van der Waals surface area contributed by atoms with E-state index < -0.39 is 189 Å². The van der Waals surface area contributed by atoms with E-state index in [-0.39, 0.29) is 35.0 Å². The molecule has 4 aliphatic heterocycles. The first-order valence-electron chi connectivity index (χ1n) is 28.0. The van der Waals surface area contributed by atoms with Gasteiger partial charge in [0.25, 0.3) is 0 Å². The molecule has 78 heavy (non-hydrogen) atoms. The van der Waals surface area contributed by atoms with E-state index in [1.165, 1.54) is 0 Å². The maximum atomic E-state index is 12.8. The van der Waals surface area contributed by atoms with Crippen LogP contribution >= 0.6 is 0 Å². The molecule has 452 valence electrons. The molecule has 4 aliphatic carbocycles. The van der Waals surface area contributed by atoms with Crippen molar-refractivity contribution < 1.29 is 120 Å². The van der Waals surface area contributed by atoms with E-state index in [0.717, 1.165) is 12.8 Å². The van der Waals surface area contributed by atoms with Gasteiger partial charge in [0.2, 0.25) is 0 Å². The number of hydrogen-bond acceptors (Lipinski definition) is 24. The summed E-state index contributed by atoms with van der Waals surface area (Å²) >= 11 is 0. The molecule has 4 saturated carbocycles. The van der Waals surface area contributed by atoms with Gasteiger partial charge in [-0.05, 0) is 117 Å². The highest BCUT2D eigenvalue weighted by molar-refractivity contribution is 5.22. The fraction of sp³-hybridized carbons (Fsp3) is 0.963. The lowest BCUT2D eigenvalue weighted by molar-refractivity contribution is -0.378. The molecule has 0 aromatic carbocycles. The van der Waals surface area contributed by atoms with E-state index in [1.807, 2.05) is 6.92 Å². The zero-order valence-corrected chi connectivity index (χ0v) is 46.1. The van der Waals surface area contributed by atoms with Crippen LogP contribution in [0, 0.1) is 45.3 Å². The number of hydrogen-bond donors (Lipinski definition) is 16. The maximum Gasteiger partial charge on any atom is 0.187 e. The minimum absolute atomic E-state index is 0.00616. The number of aliphatic hydroxyl groups excluding tert-OH is 15. The van der Waals surface area contributed by atoms with Gasteiger partial charge in [-0.2, -0.15) is 0 Å². The van der Waals surface area contributed by atoms with Crippen LogP contribution < -0.4 is 0 Å². The predicted octanol–water partition coefficient (Wildman–Crippen LogP) is -3.23. The Kier molecular flexibility index (Phi) is 18.8. The molecule has 0 aromatic heterocycles. The summed E-state index contributed by atoms with van der Waals surface area (Å²) in [5, 5.41) is 173. The average Bonchev–Trinajstić information content (AvgIpc) is 3.95. The quantitative estimate of drug-likeness (QED) is 0.0534. The monoisotopic (exact) mass is 1120 g/mol. The lowest BCUT2D eigenvalue weighted by Gasteiger charge is -2.71. The van der Waals surface area contributed by atoms with E-state index in [9.17, 15) is 81.7 Å². The van der Waals surface area contributed by atoms with Crippen LogP contribution in [0.4, 0.5) is 0 Å². The summed E-state index contributed by atoms with van der Waals surface area (Å²) in [6.45, 7) is 13.5. The Bertz CT molecular complexity index is 2030. The molecular weight excluding hydrogens is 1030 g/mol. The van der Waals surface area contributed by atoms with Crippen LogP contribution in [0.2, 0.25) is 0 Å². The minimum Gasteiger partial charge on any atom is -0.394 e. The number of rotatable bonds is 16. The standard InChI is InChI=1S/C54H92O24/c1-49(2,70)13-9-14-54(8,78-47-43(69)39(65)36(62)28(75-47)22-71-45-41(67)37(63)33(59)25(19-55)72-45)23-10-16-53(7)32(23)24(58)18-30-51(5)15-12-31(50(3,4)29(51)11-17-52(30,53)6)76-48-44(40(66)35(61)27(21-57)74-48)77-46-42(68)38(64)34(60)26(20-56)73-46/h9,14,23-48,55-70H,10-13,15-22H2,1-8H3/b14-9+/t23-,24+,25+,26+,27+,28+,29-,30+,31-,32-,33+,34+,35+,36+,37-,38-,39-,40-,41+,42+,43+,44+,45+,46-,47-,48-,51-,52+,53+,54-/m0/s1. The van der Waals surface area contributed by atoms with Gasteiger partial charge in [0.1, 0.15) is 97.7 Å². The third kappa shape index (κ3) is 11.1. The van der Waals surface area contributed by atoms with Gasteiger partial charge >= 0.3 is 0 Å². The van der Waals surface area contributed by atoms with Crippen molar-refractivity contribution in [3.63, 3.8) is 0 Å². The zero-order chi connectivity index (χ0) is 57.6. The van der Waals surface area contributed by atoms with Crippen LogP contribution in [0.25, 0.3) is 0 Å². The third-order valence-corrected chi connectivity index (χ3v) is 20.7. The molecule has 30 atom stereocenters. The molecule has 24 nitrogen and oxygen atoms in total. The SMILES string of the molecule is CC(C)(O)C/C=C/[C@](C)(O[C@@H]1O[C@H](CO[C@@H]2O[C@H](CO)[C@@H](O)[C@H](O)[C@H]2O)[C@@H](O)[C@H](O)[C@H]1O)[C@H]1CC[C@]2(C)[C@@H]1[C@H](O)C[C@@H]1[C@@]3(C)CC[C@H](O[C@@H]4O[C@H](CO)[C@@H](O)[C@H](O)[C@H]4O[C@@H]4O[C@H](CO)[C@@H](O)[C@H](O)[C@H]4O)C(C)(C)[C@@H]3CC[C@]12C. The summed E-state index contributed by atoms with van der Waals surface area (Å²) in [7, 11) is 0. The Hall–Kier alpha value is -1.22. The van der Waals surface area contributed by atoms with E-state index >= 15 is 0 Å². The molecule has 8 aliphatic rings. The normalized spacial score (nSPS) is 52.6. The largest absolute Gasteiger partial charge is 0.394 e. The molecule has 4 saturated heterocycles. The van der Waals surface area contributed by atoms with Crippen molar-refractivity contribution in [3.8, 4) is 0 Å². The van der Waals surface area contributed by atoms with Gasteiger partial charge < -0.3 is 120 Å². The van der Waals surface area contributed by atoms with Gasteiger partial charge in [0, 0.05) is 0 Å². The Morgan fingerprint density at radius 2 is 1.03 bits per heavy atom. The Morgan fingerprint density at radius 3 is 1.60 bits per heavy atom. The van der Waals surface area contributed by atoms with Gasteiger partial charge in [-0.1, -0.05) is 46.8 Å². The van der Waals surface area contributed by atoms with Crippen molar-refractivity contribution >= 4 is 0 Å². The topological polar surface area (TPSA) is 398 Å². The molecule has 16 N–H and O–H groups in total. The Morgan fingerprint density at radius 1 is 0.526 bits per heavy atom. The second-order valence-corrected chi connectivity index (χ2v) is 26.2. The third-order valence-electron chi connectivity index (χ3n) is 20.7. The molecule has 0 amide bonds. The minimum atomic E-state index is -1.83. The Labute approximate surface area is 455 Å². The molecule has 0 bridgehead atoms. The van der Waals surface area contributed by atoms with Crippen molar-refractivity contribution in [2.45, 2.75) is 253 Å². The summed E-state index contributed by atoms with van der Waals surface area (Å²) in [5.74, 6) is -0.805. The molecule has 0 spiro atoms. The van der Waals surface area contributed by atoms with Crippen LogP contribution in [0.1, 0.15) is 107 Å². The first kappa shape index (κ1) is 62.8. The van der Waals surface area contributed by atoms with Crippen molar-refractivity contribution in [1.82, 2.24) is 0 Å². The van der Waals surface area contributed by atoms with Crippen molar-refractivity contribution in [3.05, 3.63) is 12.2 Å². The van der Waals surface area contributed by atoms with Crippen LogP contribution in [0.3, 0.4) is 0 Å². The van der Waals surface area contributed by atoms with E-state index in [2.05, 4.69) is 34.6 Å². The molecule has 8 fully saturated rings. The molecule has 24 heteroatoms. The number of ether oxygens (including phenoxy) is 8. The highest BCUT2D eigenvalue weighted by Crippen LogP contribution is 2.76. The highest BCUT2D eigenvalue weighted by Gasteiger charge is 2.72. The first-order valence-corrected chi connectivity index (χ1v) is 28.0. The Balaban J connectivity index is 1.02. The summed E-state index contributed by atoms with van der Waals surface area (Å²) in [5.41, 5.74) is -4.26. The highest BCUT2D eigenvalue weighted by atomic mass is 16.8. The van der Waals surface area contributed by atoms with Crippen molar-refractivity contribution in [2.24, 2.45) is 45.3 Å². The number of aliphatic hydroxyl groups is 16. The second-order valence-electron chi connectivity index (χ2n) is 26.2. The summed E-state index contributed by atoms with van der Waals surface area (Å²) in [4.78, 5) is 0. The fourth-order valence-corrected chi connectivity index (χ4v) is 16.1. The molecular formula is C54H92O24. The number of fused-ring (bicyclic) bond motifs is 5. The lowest BCUT2D eigenvalue weighted by atomic mass is 9.35. The summed E-state index contributed by atoms with van der Waals surface area (Å²) in [6.07, 6.45) is -25.6. The van der Waals surface area contributed by atoms with Gasteiger partial charge in [0.15, 0.2) is 25.2 Å². The molecule has 8 rings (SSSR count). The second kappa shape index (κ2) is 23.3. The van der Waals surface area contributed by atoms with Crippen molar-refractivity contribution in [1.29, 1.82) is 0 Å². The average molecular weight is 1130 g/mol. The van der Waals surface area contributed by atoms with Gasteiger partial charge in [-0.15, -0.1) is 0 Å². The molecule has 0 unspecified atom stereocenters. The van der Waals surface area contributed by atoms with E-state index in [4.69, 9.17) is 37.9 Å². The first-order chi connectivity index (χ1) is 36.3. The van der Waals surface area contributed by atoms with Crippen LogP contribution in [-0.2, 0) is 37.9 Å². The van der Waals surface area contributed by atoms with Gasteiger partial charge in [-0.3, -0.25) is 0 Å². The van der Waals surface area contributed by atoms with E-state index in [0.29, 0.717) is 32.1 Å². The van der Waals surface area contributed by atoms with Crippen LogP contribution in [0.15, 0.2) is 12.2 Å². The fourth-order valence-electron chi connectivity index (χ4n) is 16.1. The smallest absolute Gasteiger partial charge is 0.187 e. The van der Waals surface area contributed by atoms with E-state index in [1.54, 1.807) is 26.0 Å². The molecule has 4 heterocycles. The molecule has 0 radical (unpaired) electrons. The summed E-state index contributed by atoms with van der Waals surface area (Å²) in [6, 6.07) is 0. The van der Waals surface area contributed by atoms with Crippen molar-refractivity contribution in [2.75, 3.05) is 26.4 Å². The van der Waals surface area contributed by atoms with Gasteiger partial charge in [0.05, 0.1) is 49.8 Å². The van der Waals surface area contributed by atoms with Crippen LogP contribution in [-0.4, -0.2) is 254 Å². The maximum absolute atomic E-state index is 12.8.